The van der Waals surface area contributed by atoms with Gasteiger partial charge in [0.25, 0.3) is 0 Å². The van der Waals surface area contributed by atoms with Gasteiger partial charge in [-0.2, -0.15) is 0 Å². The number of hydrogen-bond acceptors (Lipinski definition) is 4. The maximum Gasteiger partial charge on any atom is 0.143 e. The molecule has 0 fully saturated rings. The number of nitrogens with zero attached hydrogens (tertiary/aromatic N) is 2. The van der Waals surface area contributed by atoms with Crippen molar-refractivity contribution in [3.05, 3.63) is 303 Å². The van der Waals surface area contributed by atoms with Gasteiger partial charge in [-0.25, -0.2) is 0 Å². The molecule has 10 aromatic carbocycles. The van der Waals surface area contributed by atoms with Crippen LogP contribution in [0.25, 0.3) is 84.3 Å². The summed E-state index contributed by atoms with van der Waals surface area (Å²) in [5.74, 6) is 1.76. The van der Waals surface area contributed by atoms with Crippen molar-refractivity contribution in [3.8, 4) is 61.4 Å². The minimum absolute atomic E-state index is 0.493. The van der Waals surface area contributed by atoms with Gasteiger partial charge < -0.3 is 19.0 Å². The lowest BCUT2D eigenvalue weighted by Gasteiger charge is -2.26. The van der Waals surface area contributed by atoms with Crippen LogP contribution < -0.4 is 14.5 Å². The fourth-order valence-electron chi connectivity index (χ4n) is 10.8. The van der Waals surface area contributed by atoms with Crippen LogP contribution in [0, 0.1) is 0 Å². The molecule has 2 heterocycles. The second kappa shape index (κ2) is 21.2. The summed E-state index contributed by atoms with van der Waals surface area (Å²) in [5.41, 5.74) is 21.8. The van der Waals surface area contributed by atoms with Crippen LogP contribution in [-0.2, 0) is 0 Å². The zero-order valence-electron chi connectivity index (χ0n) is 43.0. The Morgan fingerprint density at radius 1 is 0.333 bits per heavy atom. The highest BCUT2D eigenvalue weighted by atomic mass is 16.5. The molecule has 0 amide bonds. The van der Waals surface area contributed by atoms with Crippen LogP contribution >= 0.6 is 0 Å². The van der Waals surface area contributed by atoms with Crippen LogP contribution in [0.15, 0.2) is 290 Å². The molecule has 0 unspecified atom stereocenters. The first-order valence-electron chi connectivity index (χ1n) is 26.6. The van der Waals surface area contributed by atoms with E-state index in [1.165, 1.54) is 16.7 Å². The van der Waals surface area contributed by atoms with Crippen LogP contribution in [-0.4, -0.2) is 6.61 Å². The van der Waals surface area contributed by atoms with Gasteiger partial charge in [-0.1, -0.05) is 213 Å². The van der Waals surface area contributed by atoms with E-state index in [1.54, 1.807) is 0 Å². The standard InChI is InChI=1S/C74H54N2O2/c1-52-16-6-5-13-51-77-73-67(52)22-14-23-68(73)59-39-47-65(48-40-59)75(61-17-7-2-8-18-61)63-43-35-57(36-44-63)55-31-27-53(28-32-55)54-29-33-56(34-30-54)58-37-45-64(46-38-58)76(62-19-9-3-10-20-62)66-49-41-60(42-50-66)69-24-15-25-71-70-21-11-4-12-26-72(70)78-74(69)71/h2-3,5-50H,1,4,51H2/b13-5-,16-6-. The van der Waals surface area contributed by atoms with E-state index < -0.39 is 0 Å². The molecule has 0 atom stereocenters. The lowest BCUT2D eigenvalue weighted by molar-refractivity contribution is 0.363. The van der Waals surface area contributed by atoms with Gasteiger partial charge in [-0.05, 0) is 141 Å². The molecule has 0 saturated carbocycles. The Morgan fingerprint density at radius 3 is 1.26 bits per heavy atom. The summed E-state index contributed by atoms with van der Waals surface area (Å²) in [4.78, 5) is 4.61. The Bertz CT molecular complexity index is 4050. The van der Waals surface area contributed by atoms with Gasteiger partial charge >= 0.3 is 0 Å². The monoisotopic (exact) mass is 1000 g/mol. The number of fused-ring (bicyclic) bond motifs is 4. The number of para-hydroxylation sites is 4. The summed E-state index contributed by atoms with van der Waals surface area (Å²) in [7, 11) is 0. The molecule has 1 aliphatic carbocycles. The van der Waals surface area contributed by atoms with E-state index in [-0.39, 0.29) is 0 Å². The lowest BCUT2D eigenvalue weighted by atomic mass is 9.97. The smallest absolute Gasteiger partial charge is 0.143 e. The molecule has 13 rings (SSSR count). The van der Waals surface area contributed by atoms with Gasteiger partial charge in [0, 0.05) is 61.8 Å². The Balaban J connectivity index is 0.707. The van der Waals surface area contributed by atoms with Crippen LogP contribution in [0.5, 0.6) is 5.75 Å². The van der Waals surface area contributed by atoms with Crippen molar-refractivity contribution in [2.45, 2.75) is 6.42 Å². The van der Waals surface area contributed by atoms with E-state index >= 15 is 0 Å². The third kappa shape index (κ3) is 9.48. The lowest BCUT2D eigenvalue weighted by Crippen LogP contribution is -2.09. The van der Waals surface area contributed by atoms with E-state index in [1.807, 2.05) is 24.3 Å². The van der Waals surface area contributed by atoms with E-state index in [0.717, 1.165) is 119 Å². The minimum atomic E-state index is 0.493. The average molecular weight is 1000 g/mol. The second-order valence-electron chi connectivity index (χ2n) is 19.6. The third-order valence-electron chi connectivity index (χ3n) is 14.8. The highest BCUT2D eigenvalue weighted by Gasteiger charge is 2.19. The number of benzene rings is 10. The predicted octanol–water partition coefficient (Wildman–Crippen LogP) is 20.7. The molecule has 0 radical (unpaired) electrons. The number of hydrogen-bond donors (Lipinski definition) is 0. The quantitative estimate of drug-likeness (QED) is 0.129. The molecule has 2 aliphatic rings. The van der Waals surface area contributed by atoms with Crippen LogP contribution in [0.4, 0.5) is 34.1 Å². The van der Waals surface area contributed by atoms with Crippen molar-refractivity contribution in [1.82, 2.24) is 0 Å². The first-order chi connectivity index (χ1) is 38.6. The Kier molecular flexibility index (Phi) is 12.9. The number of allylic oxidation sites excluding steroid dienone is 6. The molecule has 0 bridgehead atoms. The van der Waals surface area contributed by atoms with Gasteiger partial charge in [-0.15, -0.1) is 0 Å². The first kappa shape index (κ1) is 47.5. The van der Waals surface area contributed by atoms with Gasteiger partial charge in [0.05, 0.1) is 0 Å². The zero-order valence-corrected chi connectivity index (χ0v) is 43.0. The molecule has 372 valence electrons. The summed E-state index contributed by atoms with van der Waals surface area (Å²) < 4.78 is 12.8. The minimum Gasteiger partial charge on any atom is -0.488 e. The summed E-state index contributed by atoms with van der Waals surface area (Å²) >= 11 is 0. The molecule has 0 saturated heterocycles. The predicted molar refractivity (Wildman–Crippen MR) is 328 cm³/mol. The summed E-state index contributed by atoms with van der Waals surface area (Å²) in [6.07, 6.45) is 17.6. The summed E-state index contributed by atoms with van der Waals surface area (Å²) in [5, 5.41) is 1.14. The molecule has 0 spiro atoms. The first-order valence-corrected chi connectivity index (χ1v) is 26.6. The highest BCUT2D eigenvalue weighted by molar-refractivity contribution is 6.00. The summed E-state index contributed by atoms with van der Waals surface area (Å²) in [6, 6.07) is 86.9. The molecule has 1 aromatic heterocycles. The number of rotatable bonds is 11. The van der Waals surface area contributed by atoms with Gasteiger partial charge in [0.15, 0.2) is 0 Å². The van der Waals surface area contributed by atoms with Gasteiger partial charge in [-0.3, -0.25) is 0 Å². The Labute approximate surface area is 456 Å². The van der Waals surface area contributed by atoms with Crippen molar-refractivity contribution in [1.29, 1.82) is 0 Å². The number of ether oxygens (including phenoxy) is 1. The number of furan rings is 1. The largest absolute Gasteiger partial charge is 0.488 e. The van der Waals surface area contributed by atoms with Gasteiger partial charge in [0.2, 0.25) is 0 Å². The van der Waals surface area contributed by atoms with Crippen molar-refractivity contribution in [2.24, 2.45) is 0 Å². The fraction of sp³-hybridized carbons (Fsp3) is 0.0270. The normalized spacial score (nSPS) is 13.5. The van der Waals surface area contributed by atoms with Crippen LogP contribution in [0.1, 0.15) is 23.3 Å². The van der Waals surface area contributed by atoms with Crippen molar-refractivity contribution in [3.63, 3.8) is 0 Å². The fourth-order valence-corrected chi connectivity index (χ4v) is 10.8. The Hall–Kier alpha value is -10.2. The topological polar surface area (TPSA) is 28.9 Å². The molecular formula is C74H54N2O2. The molecule has 4 nitrogen and oxygen atoms in total. The number of anilines is 6. The summed E-state index contributed by atoms with van der Waals surface area (Å²) in [6.45, 7) is 4.81. The molecule has 11 aromatic rings. The molecule has 1 aliphatic heterocycles. The SMILES string of the molecule is C=C1/C=C\C=C/COc2c1cccc2-c1ccc(N(c2ccccc2)c2ccc(-c3ccc(-c4ccc(-c5ccc(N(c6ccccc6)c6ccc(-c7cccc8c9c(oc78)C=CCC=C9)cc6)cc5)cc4)cc3)cc2)cc1. The third-order valence-corrected chi connectivity index (χ3v) is 14.8. The van der Waals surface area contributed by atoms with E-state index in [0.29, 0.717) is 6.61 Å². The maximum absolute atomic E-state index is 6.47. The van der Waals surface area contributed by atoms with Crippen molar-refractivity contribution >= 4 is 62.8 Å². The van der Waals surface area contributed by atoms with E-state index in [2.05, 4.69) is 283 Å². The molecular weight excluding hydrogens is 949 g/mol. The Morgan fingerprint density at radius 2 is 0.744 bits per heavy atom. The van der Waals surface area contributed by atoms with Crippen molar-refractivity contribution < 1.29 is 9.15 Å². The molecule has 0 N–H and O–H groups in total. The van der Waals surface area contributed by atoms with Crippen LogP contribution in [0.2, 0.25) is 0 Å². The zero-order chi connectivity index (χ0) is 52.2. The highest BCUT2D eigenvalue weighted by Crippen LogP contribution is 2.43. The van der Waals surface area contributed by atoms with E-state index in [9.17, 15) is 0 Å². The average Bonchev–Trinajstić information content (AvgIpc) is 3.82. The van der Waals surface area contributed by atoms with Crippen molar-refractivity contribution in [2.75, 3.05) is 16.4 Å². The molecule has 4 heteroatoms. The molecule has 78 heavy (non-hydrogen) atoms. The van der Waals surface area contributed by atoms with Crippen LogP contribution in [0.3, 0.4) is 0 Å². The maximum atomic E-state index is 6.47. The van der Waals surface area contributed by atoms with Gasteiger partial charge in [0.1, 0.15) is 23.7 Å². The second-order valence-corrected chi connectivity index (χ2v) is 19.6. The van der Waals surface area contributed by atoms with E-state index in [4.69, 9.17) is 9.15 Å².